The van der Waals surface area contributed by atoms with Crippen LogP contribution in [0.4, 0.5) is 0 Å². The van der Waals surface area contributed by atoms with Crippen molar-refractivity contribution in [2.45, 2.75) is 26.8 Å². The molecule has 0 aliphatic rings. The van der Waals surface area contributed by atoms with Crippen LogP contribution in [0.25, 0.3) is 0 Å². The Bertz CT molecular complexity index is 312. The van der Waals surface area contributed by atoms with E-state index < -0.39 is 0 Å². The van der Waals surface area contributed by atoms with Crippen molar-refractivity contribution in [3.8, 4) is 5.75 Å². The van der Waals surface area contributed by atoms with Gasteiger partial charge in [0.1, 0.15) is 5.75 Å². The van der Waals surface area contributed by atoms with Crippen molar-refractivity contribution in [2.75, 3.05) is 6.61 Å². The molecule has 1 aromatic rings. The van der Waals surface area contributed by atoms with Crippen molar-refractivity contribution in [1.29, 1.82) is 0 Å². The van der Waals surface area contributed by atoms with Crippen LogP contribution in [0.3, 0.4) is 0 Å². The third-order valence-corrected chi connectivity index (χ3v) is 2.59. The van der Waals surface area contributed by atoms with Gasteiger partial charge in [-0.15, -0.1) is 0 Å². The zero-order chi connectivity index (χ0) is 11.3. The summed E-state index contributed by atoms with van der Waals surface area (Å²) in [6.07, 6.45) is 1.04. The molecule has 2 N–H and O–H groups in total. The van der Waals surface area contributed by atoms with E-state index in [1.807, 2.05) is 18.2 Å². The molecule has 0 radical (unpaired) electrons. The van der Waals surface area contributed by atoms with Gasteiger partial charge in [0.15, 0.2) is 0 Å². The lowest BCUT2D eigenvalue weighted by molar-refractivity contribution is 0.287. The zero-order valence-corrected chi connectivity index (χ0v) is 10.1. The van der Waals surface area contributed by atoms with Crippen LogP contribution in [0.2, 0.25) is 5.02 Å². The Labute approximate surface area is 96.4 Å². The van der Waals surface area contributed by atoms with Crippen LogP contribution in [-0.2, 0) is 6.54 Å². The lowest BCUT2D eigenvalue weighted by Gasteiger charge is -2.12. The van der Waals surface area contributed by atoms with Crippen LogP contribution in [0, 0.1) is 5.92 Å². The number of hydrogen-bond donors (Lipinski definition) is 1. The Morgan fingerprint density at radius 1 is 1.40 bits per heavy atom. The Morgan fingerprint density at radius 3 is 2.73 bits per heavy atom. The molecule has 0 saturated carbocycles. The first-order chi connectivity index (χ1) is 7.15. The van der Waals surface area contributed by atoms with E-state index in [1.165, 1.54) is 0 Å². The van der Waals surface area contributed by atoms with Crippen molar-refractivity contribution >= 4 is 11.6 Å². The molecular formula is C12H18ClNO. The number of halogens is 1. The van der Waals surface area contributed by atoms with E-state index in [9.17, 15) is 0 Å². The predicted molar refractivity (Wildman–Crippen MR) is 64.3 cm³/mol. The third kappa shape index (κ3) is 3.73. The maximum Gasteiger partial charge on any atom is 0.125 e. The van der Waals surface area contributed by atoms with Gasteiger partial charge < -0.3 is 10.5 Å². The maximum absolute atomic E-state index is 6.01. The summed E-state index contributed by atoms with van der Waals surface area (Å²) in [5.74, 6) is 1.45. The summed E-state index contributed by atoms with van der Waals surface area (Å²) in [7, 11) is 0. The normalized spacial score (nSPS) is 10.7. The Balaban J connectivity index is 2.64. The molecule has 15 heavy (non-hydrogen) atoms. The highest BCUT2D eigenvalue weighted by molar-refractivity contribution is 6.31. The molecule has 0 bridgehead atoms. The molecular weight excluding hydrogens is 210 g/mol. The fraction of sp³-hybridized carbons (Fsp3) is 0.500. The second kappa shape index (κ2) is 5.99. The van der Waals surface area contributed by atoms with Gasteiger partial charge in [-0.05, 0) is 24.5 Å². The average Bonchev–Trinajstić information content (AvgIpc) is 2.17. The van der Waals surface area contributed by atoms with Gasteiger partial charge in [0.2, 0.25) is 0 Å². The monoisotopic (exact) mass is 227 g/mol. The molecule has 1 rings (SSSR count). The topological polar surface area (TPSA) is 35.2 Å². The minimum absolute atomic E-state index is 0.413. The summed E-state index contributed by atoms with van der Waals surface area (Å²) in [5.41, 5.74) is 6.51. The lowest BCUT2D eigenvalue weighted by atomic mass is 10.1. The van der Waals surface area contributed by atoms with Gasteiger partial charge in [-0.25, -0.2) is 0 Å². The van der Waals surface area contributed by atoms with Crippen molar-refractivity contribution in [1.82, 2.24) is 0 Å². The predicted octanol–water partition coefficient (Wildman–Crippen LogP) is 3.22. The Kier molecular flexibility index (Phi) is 4.92. The molecule has 0 unspecified atom stereocenters. The number of nitrogens with two attached hydrogens (primary N) is 1. The summed E-state index contributed by atoms with van der Waals surface area (Å²) in [6.45, 7) is 5.47. The number of ether oxygens (including phenoxy) is 1. The Hall–Kier alpha value is -0.730. The van der Waals surface area contributed by atoms with Crippen LogP contribution in [0.5, 0.6) is 5.75 Å². The first-order valence-corrected chi connectivity index (χ1v) is 5.63. The molecule has 0 aromatic heterocycles. The van der Waals surface area contributed by atoms with Crippen LogP contribution < -0.4 is 10.5 Å². The van der Waals surface area contributed by atoms with E-state index in [0.717, 1.165) is 17.7 Å². The highest BCUT2D eigenvalue weighted by atomic mass is 35.5. The van der Waals surface area contributed by atoms with Crippen molar-refractivity contribution < 1.29 is 4.74 Å². The molecule has 0 aliphatic heterocycles. The summed E-state index contributed by atoms with van der Waals surface area (Å²) >= 11 is 6.01. The standard InChI is InChI=1S/C12H18ClNO/c1-9(2)6-7-15-12-5-3-4-11(13)10(12)8-14/h3-5,9H,6-8,14H2,1-2H3. The van der Waals surface area contributed by atoms with E-state index in [0.29, 0.717) is 24.1 Å². The summed E-state index contributed by atoms with van der Waals surface area (Å²) in [5, 5.41) is 0.680. The number of benzene rings is 1. The van der Waals surface area contributed by atoms with Gasteiger partial charge >= 0.3 is 0 Å². The van der Waals surface area contributed by atoms with Crippen LogP contribution in [-0.4, -0.2) is 6.61 Å². The second-order valence-electron chi connectivity index (χ2n) is 3.95. The minimum atomic E-state index is 0.413. The molecule has 0 fully saturated rings. The van der Waals surface area contributed by atoms with Crippen molar-refractivity contribution in [2.24, 2.45) is 11.7 Å². The summed E-state index contributed by atoms with van der Waals surface area (Å²) in [4.78, 5) is 0. The van der Waals surface area contributed by atoms with Gasteiger partial charge in [-0.1, -0.05) is 31.5 Å². The molecule has 3 heteroatoms. The van der Waals surface area contributed by atoms with Gasteiger partial charge in [0, 0.05) is 17.1 Å². The number of hydrogen-bond acceptors (Lipinski definition) is 2. The summed E-state index contributed by atoms with van der Waals surface area (Å²) in [6, 6.07) is 5.62. The van der Waals surface area contributed by atoms with E-state index >= 15 is 0 Å². The minimum Gasteiger partial charge on any atom is -0.493 e. The fourth-order valence-corrected chi connectivity index (χ4v) is 1.52. The number of rotatable bonds is 5. The first-order valence-electron chi connectivity index (χ1n) is 5.25. The molecule has 0 atom stereocenters. The van der Waals surface area contributed by atoms with E-state index in [1.54, 1.807) is 0 Å². The highest BCUT2D eigenvalue weighted by Gasteiger charge is 2.06. The molecule has 1 aromatic carbocycles. The SMILES string of the molecule is CC(C)CCOc1cccc(Cl)c1CN. The smallest absolute Gasteiger partial charge is 0.125 e. The molecule has 0 saturated heterocycles. The second-order valence-corrected chi connectivity index (χ2v) is 4.36. The van der Waals surface area contributed by atoms with Crippen LogP contribution in [0.1, 0.15) is 25.8 Å². The third-order valence-electron chi connectivity index (χ3n) is 2.23. The molecule has 0 amide bonds. The van der Waals surface area contributed by atoms with Crippen LogP contribution in [0.15, 0.2) is 18.2 Å². The van der Waals surface area contributed by atoms with Crippen LogP contribution >= 0.6 is 11.6 Å². The largest absolute Gasteiger partial charge is 0.493 e. The lowest BCUT2D eigenvalue weighted by Crippen LogP contribution is -2.06. The van der Waals surface area contributed by atoms with Crippen molar-refractivity contribution in [3.05, 3.63) is 28.8 Å². The molecule has 2 nitrogen and oxygen atoms in total. The average molecular weight is 228 g/mol. The quantitative estimate of drug-likeness (QED) is 0.838. The molecule has 0 spiro atoms. The molecule has 0 heterocycles. The van der Waals surface area contributed by atoms with Crippen molar-refractivity contribution in [3.63, 3.8) is 0 Å². The molecule has 84 valence electrons. The fourth-order valence-electron chi connectivity index (χ4n) is 1.28. The van der Waals surface area contributed by atoms with E-state index in [2.05, 4.69) is 13.8 Å². The van der Waals surface area contributed by atoms with Gasteiger partial charge in [-0.3, -0.25) is 0 Å². The van der Waals surface area contributed by atoms with E-state index in [-0.39, 0.29) is 0 Å². The maximum atomic E-state index is 6.01. The van der Waals surface area contributed by atoms with Gasteiger partial charge in [-0.2, -0.15) is 0 Å². The zero-order valence-electron chi connectivity index (χ0n) is 9.29. The Morgan fingerprint density at radius 2 is 2.13 bits per heavy atom. The van der Waals surface area contributed by atoms with E-state index in [4.69, 9.17) is 22.1 Å². The molecule has 0 aliphatic carbocycles. The summed E-state index contributed by atoms with van der Waals surface area (Å²) < 4.78 is 5.66. The van der Waals surface area contributed by atoms with Gasteiger partial charge in [0.05, 0.1) is 6.61 Å². The van der Waals surface area contributed by atoms with Gasteiger partial charge in [0.25, 0.3) is 0 Å². The first kappa shape index (κ1) is 12.3. The highest BCUT2D eigenvalue weighted by Crippen LogP contribution is 2.26.